The minimum atomic E-state index is -0.625. The van der Waals surface area contributed by atoms with Crippen molar-refractivity contribution in [2.45, 2.75) is 26.1 Å². The molecule has 0 saturated heterocycles. The summed E-state index contributed by atoms with van der Waals surface area (Å²) in [5, 5.41) is 2.82. The molecule has 0 aliphatic heterocycles. The Hall–Kier alpha value is -3.40. The highest BCUT2D eigenvalue weighted by atomic mass is 16.2. The highest BCUT2D eigenvalue weighted by molar-refractivity contribution is 5.97. The first-order valence-corrected chi connectivity index (χ1v) is 9.36. The maximum atomic E-state index is 13.1. The fourth-order valence-corrected chi connectivity index (χ4v) is 3.02. The van der Waals surface area contributed by atoms with E-state index in [4.69, 9.17) is 0 Å². The molecule has 1 atom stereocenters. The van der Waals surface area contributed by atoms with Gasteiger partial charge in [-0.2, -0.15) is 0 Å². The fourth-order valence-electron chi connectivity index (χ4n) is 3.02. The summed E-state index contributed by atoms with van der Waals surface area (Å²) in [4.78, 5) is 27.3. The molecule has 0 unspecified atom stereocenters. The fraction of sp³-hybridized carbons (Fsp3) is 0.167. The van der Waals surface area contributed by atoms with Crippen LogP contribution in [0.1, 0.15) is 28.4 Å². The van der Waals surface area contributed by atoms with E-state index in [1.165, 1.54) is 0 Å². The average Bonchev–Trinajstić information content (AvgIpc) is 2.75. The number of carbonyl (C=O) groups excluding carboxylic acids is 2. The molecule has 1 N–H and O–H groups in total. The molecule has 142 valence electrons. The van der Waals surface area contributed by atoms with Crippen LogP contribution >= 0.6 is 0 Å². The van der Waals surface area contributed by atoms with Crippen molar-refractivity contribution >= 4 is 11.8 Å². The summed E-state index contributed by atoms with van der Waals surface area (Å²) in [5.41, 5.74) is 2.64. The van der Waals surface area contributed by atoms with Crippen molar-refractivity contribution in [1.82, 2.24) is 10.2 Å². The van der Waals surface area contributed by atoms with Gasteiger partial charge in [-0.3, -0.25) is 9.59 Å². The number of benzene rings is 3. The molecule has 3 rings (SSSR count). The van der Waals surface area contributed by atoms with Gasteiger partial charge in [0.25, 0.3) is 5.91 Å². The quantitative estimate of drug-likeness (QED) is 0.681. The Balaban J connectivity index is 1.74. The molecule has 0 aromatic heterocycles. The number of carbonyl (C=O) groups is 2. The van der Waals surface area contributed by atoms with E-state index < -0.39 is 6.04 Å². The zero-order chi connectivity index (χ0) is 19.8. The van der Waals surface area contributed by atoms with E-state index in [1.807, 2.05) is 66.7 Å². The van der Waals surface area contributed by atoms with E-state index in [9.17, 15) is 9.59 Å². The number of amides is 2. The Kier molecular flexibility index (Phi) is 6.58. The molecule has 4 nitrogen and oxygen atoms in total. The molecule has 0 saturated carbocycles. The zero-order valence-corrected chi connectivity index (χ0v) is 15.9. The summed E-state index contributed by atoms with van der Waals surface area (Å²) in [5.74, 6) is -0.363. The second kappa shape index (κ2) is 9.51. The predicted molar refractivity (Wildman–Crippen MR) is 111 cm³/mol. The molecule has 0 radical (unpaired) electrons. The molecular weight excluding hydrogens is 348 g/mol. The van der Waals surface area contributed by atoms with Crippen LogP contribution < -0.4 is 5.32 Å². The Morgan fingerprint density at radius 1 is 0.750 bits per heavy atom. The van der Waals surface area contributed by atoms with Crippen LogP contribution in [0.15, 0.2) is 91.0 Å². The van der Waals surface area contributed by atoms with E-state index in [0.29, 0.717) is 18.7 Å². The van der Waals surface area contributed by atoms with Gasteiger partial charge in [-0.15, -0.1) is 0 Å². The molecule has 4 heteroatoms. The van der Waals surface area contributed by atoms with Crippen LogP contribution in [-0.4, -0.2) is 22.8 Å². The van der Waals surface area contributed by atoms with Gasteiger partial charge in [0.1, 0.15) is 6.04 Å². The van der Waals surface area contributed by atoms with Crippen molar-refractivity contribution in [2.75, 3.05) is 0 Å². The highest BCUT2D eigenvalue weighted by Gasteiger charge is 2.23. The number of nitrogens with one attached hydrogen (secondary N) is 1. The molecule has 0 heterocycles. The monoisotopic (exact) mass is 372 g/mol. The molecule has 3 aromatic carbocycles. The molecule has 0 aliphatic rings. The molecule has 0 aliphatic carbocycles. The van der Waals surface area contributed by atoms with Crippen molar-refractivity contribution in [1.29, 1.82) is 0 Å². The molecule has 28 heavy (non-hydrogen) atoms. The SMILES string of the molecule is C[C@@H](NC(=O)c1ccccc1)C(=O)N(Cc1ccccc1)Cc1ccccc1. The lowest BCUT2D eigenvalue weighted by Crippen LogP contribution is -2.46. The van der Waals surface area contributed by atoms with Crippen molar-refractivity contribution < 1.29 is 9.59 Å². The summed E-state index contributed by atoms with van der Waals surface area (Å²) in [6.07, 6.45) is 0. The standard InChI is InChI=1S/C24H24N2O2/c1-19(25-23(27)22-15-9-4-10-16-22)24(28)26(17-20-11-5-2-6-12-20)18-21-13-7-3-8-14-21/h2-16,19H,17-18H2,1H3,(H,25,27)/t19-/m1/s1. The van der Waals surface area contributed by atoms with Gasteiger partial charge in [0.2, 0.25) is 5.91 Å². The van der Waals surface area contributed by atoms with Crippen LogP contribution in [0.3, 0.4) is 0 Å². The molecule has 0 spiro atoms. The molecule has 3 aromatic rings. The van der Waals surface area contributed by atoms with Crippen LogP contribution in [-0.2, 0) is 17.9 Å². The third-order valence-corrected chi connectivity index (χ3v) is 4.50. The largest absolute Gasteiger partial charge is 0.341 e. The summed E-state index contributed by atoms with van der Waals surface area (Å²) >= 11 is 0. The first kappa shape index (κ1) is 19.4. The topological polar surface area (TPSA) is 49.4 Å². The van der Waals surface area contributed by atoms with Gasteiger partial charge in [-0.05, 0) is 30.2 Å². The van der Waals surface area contributed by atoms with Gasteiger partial charge < -0.3 is 10.2 Å². The molecule has 0 fully saturated rings. The van der Waals surface area contributed by atoms with E-state index in [1.54, 1.807) is 36.1 Å². The molecule has 0 bridgehead atoms. The van der Waals surface area contributed by atoms with E-state index in [-0.39, 0.29) is 11.8 Å². The molecular formula is C24H24N2O2. The maximum Gasteiger partial charge on any atom is 0.251 e. The molecule has 2 amide bonds. The summed E-state index contributed by atoms with van der Waals surface area (Å²) in [6, 6.07) is 28.0. The van der Waals surface area contributed by atoms with Crippen LogP contribution in [0.25, 0.3) is 0 Å². The summed E-state index contributed by atoms with van der Waals surface area (Å²) < 4.78 is 0. The van der Waals surface area contributed by atoms with E-state index >= 15 is 0 Å². The Morgan fingerprint density at radius 3 is 1.64 bits per heavy atom. The van der Waals surface area contributed by atoms with Crippen molar-refractivity contribution in [3.8, 4) is 0 Å². The highest BCUT2D eigenvalue weighted by Crippen LogP contribution is 2.12. The van der Waals surface area contributed by atoms with E-state index in [2.05, 4.69) is 5.32 Å². The van der Waals surface area contributed by atoms with Crippen LogP contribution in [0.4, 0.5) is 0 Å². The minimum Gasteiger partial charge on any atom is -0.341 e. The van der Waals surface area contributed by atoms with Gasteiger partial charge in [-0.1, -0.05) is 78.9 Å². The number of rotatable bonds is 7. The first-order chi connectivity index (χ1) is 13.6. The second-order valence-corrected chi connectivity index (χ2v) is 6.73. The first-order valence-electron chi connectivity index (χ1n) is 9.36. The van der Waals surface area contributed by atoms with Crippen LogP contribution in [0.5, 0.6) is 0 Å². The minimum absolute atomic E-state index is 0.114. The third kappa shape index (κ3) is 5.30. The number of hydrogen-bond donors (Lipinski definition) is 1. The van der Waals surface area contributed by atoms with Crippen molar-refractivity contribution in [3.63, 3.8) is 0 Å². The van der Waals surface area contributed by atoms with Gasteiger partial charge in [0, 0.05) is 18.7 Å². The summed E-state index contributed by atoms with van der Waals surface area (Å²) in [6.45, 7) is 2.70. The Bertz CT molecular complexity index is 854. The number of nitrogens with zero attached hydrogens (tertiary/aromatic N) is 1. The Morgan fingerprint density at radius 2 is 1.18 bits per heavy atom. The number of hydrogen-bond acceptors (Lipinski definition) is 2. The normalized spacial score (nSPS) is 11.5. The van der Waals surface area contributed by atoms with Gasteiger partial charge >= 0.3 is 0 Å². The lowest BCUT2D eigenvalue weighted by molar-refractivity contribution is -0.134. The van der Waals surface area contributed by atoms with Crippen LogP contribution in [0.2, 0.25) is 0 Å². The van der Waals surface area contributed by atoms with Gasteiger partial charge in [0.05, 0.1) is 0 Å². The lowest BCUT2D eigenvalue weighted by atomic mass is 10.1. The zero-order valence-electron chi connectivity index (χ0n) is 15.9. The second-order valence-electron chi connectivity index (χ2n) is 6.73. The van der Waals surface area contributed by atoms with Crippen LogP contribution in [0, 0.1) is 0 Å². The van der Waals surface area contributed by atoms with Crippen molar-refractivity contribution in [3.05, 3.63) is 108 Å². The maximum absolute atomic E-state index is 13.1. The van der Waals surface area contributed by atoms with Gasteiger partial charge in [0.15, 0.2) is 0 Å². The third-order valence-electron chi connectivity index (χ3n) is 4.50. The average molecular weight is 372 g/mol. The Labute approximate surface area is 165 Å². The smallest absolute Gasteiger partial charge is 0.251 e. The summed E-state index contributed by atoms with van der Waals surface area (Å²) in [7, 11) is 0. The van der Waals surface area contributed by atoms with Gasteiger partial charge in [-0.25, -0.2) is 0 Å². The van der Waals surface area contributed by atoms with E-state index in [0.717, 1.165) is 11.1 Å². The van der Waals surface area contributed by atoms with Crippen molar-refractivity contribution in [2.24, 2.45) is 0 Å². The lowest BCUT2D eigenvalue weighted by Gasteiger charge is -2.26. The predicted octanol–water partition coefficient (Wildman–Crippen LogP) is 4.03.